The van der Waals surface area contributed by atoms with Gasteiger partial charge >= 0.3 is 0 Å². The Morgan fingerprint density at radius 1 is 1.39 bits per heavy atom. The molecule has 3 N–H and O–H groups in total. The minimum Gasteiger partial charge on any atom is -0.490 e. The van der Waals surface area contributed by atoms with Gasteiger partial charge in [-0.15, -0.1) is 0 Å². The van der Waals surface area contributed by atoms with Crippen molar-refractivity contribution in [2.24, 2.45) is 0 Å². The molecule has 18 heavy (non-hydrogen) atoms. The van der Waals surface area contributed by atoms with E-state index in [2.05, 4.69) is 31.2 Å². The number of aromatic nitrogens is 2. The summed E-state index contributed by atoms with van der Waals surface area (Å²) in [6.45, 7) is 0. The summed E-state index contributed by atoms with van der Waals surface area (Å²) >= 11 is 3.11. The summed E-state index contributed by atoms with van der Waals surface area (Å²) in [5, 5.41) is 2.98. The SMILES string of the molecule is COc1c(N)ncnc1Nc1ccc(F)c(Br)c1. The third kappa shape index (κ3) is 2.51. The van der Waals surface area contributed by atoms with Crippen LogP contribution in [0.1, 0.15) is 0 Å². The van der Waals surface area contributed by atoms with Gasteiger partial charge in [0.05, 0.1) is 11.6 Å². The largest absolute Gasteiger partial charge is 0.490 e. The molecule has 2 rings (SSSR count). The van der Waals surface area contributed by atoms with Crippen LogP contribution in [0, 0.1) is 5.82 Å². The molecule has 0 saturated carbocycles. The topological polar surface area (TPSA) is 73.1 Å². The highest BCUT2D eigenvalue weighted by Gasteiger charge is 2.10. The molecule has 2 aromatic rings. The van der Waals surface area contributed by atoms with Crippen LogP contribution in [0.15, 0.2) is 29.0 Å². The lowest BCUT2D eigenvalue weighted by Crippen LogP contribution is -2.02. The van der Waals surface area contributed by atoms with E-state index in [0.29, 0.717) is 21.7 Å². The Bertz CT molecular complexity index is 579. The second-order valence-corrected chi connectivity index (χ2v) is 4.25. The van der Waals surface area contributed by atoms with Crippen LogP contribution >= 0.6 is 15.9 Å². The summed E-state index contributed by atoms with van der Waals surface area (Å²) in [5.74, 6) is 0.660. The van der Waals surface area contributed by atoms with Crippen molar-refractivity contribution in [3.05, 3.63) is 34.8 Å². The smallest absolute Gasteiger partial charge is 0.204 e. The highest BCUT2D eigenvalue weighted by molar-refractivity contribution is 9.10. The molecule has 1 heterocycles. The Morgan fingerprint density at radius 2 is 2.17 bits per heavy atom. The quantitative estimate of drug-likeness (QED) is 0.911. The summed E-state index contributed by atoms with van der Waals surface area (Å²) in [6, 6.07) is 4.51. The van der Waals surface area contributed by atoms with Crippen molar-refractivity contribution in [3.8, 4) is 5.75 Å². The van der Waals surface area contributed by atoms with Gasteiger partial charge in [-0.3, -0.25) is 0 Å². The monoisotopic (exact) mass is 312 g/mol. The maximum Gasteiger partial charge on any atom is 0.204 e. The lowest BCUT2D eigenvalue weighted by molar-refractivity contribution is 0.415. The minimum atomic E-state index is -0.338. The van der Waals surface area contributed by atoms with E-state index in [4.69, 9.17) is 10.5 Å². The Hall–Kier alpha value is -1.89. The van der Waals surface area contributed by atoms with Crippen LogP contribution < -0.4 is 15.8 Å². The second-order valence-electron chi connectivity index (χ2n) is 3.39. The lowest BCUT2D eigenvalue weighted by atomic mass is 10.3. The van der Waals surface area contributed by atoms with E-state index in [1.165, 1.54) is 19.5 Å². The first-order valence-corrected chi connectivity index (χ1v) is 5.77. The zero-order valence-electron chi connectivity index (χ0n) is 9.45. The fraction of sp³-hybridized carbons (Fsp3) is 0.0909. The molecule has 0 saturated heterocycles. The molecular formula is C11H10BrFN4O. The number of rotatable bonds is 3. The molecule has 0 bridgehead atoms. The number of hydrogen-bond acceptors (Lipinski definition) is 5. The van der Waals surface area contributed by atoms with Crippen molar-refractivity contribution >= 4 is 33.3 Å². The molecule has 0 aliphatic heterocycles. The fourth-order valence-electron chi connectivity index (χ4n) is 1.39. The van der Waals surface area contributed by atoms with E-state index in [9.17, 15) is 4.39 Å². The van der Waals surface area contributed by atoms with Crippen LogP contribution in [0.25, 0.3) is 0 Å². The molecule has 7 heteroatoms. The third-order valence-electron chi connectivity index (χ3n) is 2.22. The summed E-state index contributed by atoms with van der Waals surface area (Å²) in [7, 11) is 1.47. The highest BCUT2D eigenvalue weighted by Crippen LogP contribution is 2.30. The predicted molar refractivity (Wildman–Crippen MR) is 70.4 cm³/mol. The van der Waals surface area contributed by atoms with Gasteiger partial charge in [0.2, 0.25) is 5.75 Å². The minimum absolute atomic E-state index is 0.233. The zero-order valence-corrected chi connectivity index (χ0v) is 11.0. The maximum atomic E-state index is 13.1. The lowest BCUT2D eigenvalue weighted by Gasteiger charge is -2.11. The Kier molecular flexibility index (Phi) is 3.61. The fourth-order valence-corrected chi connectivity index (χ4v) is 1.77. The van der Waals surface area contributed by atoms with E-state index in [-0.39, 0.29) is 11.6 Å². The number of anilines is 3. The number of hydrogen-bond donors (Lipinski definition) is 2. The molecule has 94 valence electrons. The van der Waals surface area contributed by atoms with Gasteiger partial charge in [-0.1, -0.05) is 0 Å². The average molecular weight is 313 g/mol. The molecule has 0 atom stereocenters. The summed E-state index contributed by atoms with van der Waals surface area (Å²) < 4.78 is 18.6. The van der Waals surface area contributed by atoms with Gasteiger partial charge in [-0.2, -0.15) is 0 Å². The average Bonchev–Trinajstić information content (AvgIpc) is 2.34. The number of methoxy groups -OCH3 is 1. The van der Waals surface area contributed by atoms with Gasteiger partial charge in [0.25, 0.3) is 0 Å². The van der Waals surface area contributed by atoms with Crippen molar-refractivity contribution in [2.45, 2.75) is 0 Å². The molecule has 0 aliphatic rings. The highest BCUT2D eigenvalue weighted by atomic mass is 79.9. The van der Waals surface area contributed by atoms with E-state index >= 15 is 0 Å². The Balaban J connectivity index is 2.34. The van der Waals surface area contributed by atoms with Gasteiger partial charge in [-0.25, -0.2) is 14.4 Å². The summed E-state index contributed by atoms with van der Waals surface area (Å²) in [4.78, 5) is 7.84. The van der Waals surface area contributed by atoms with Crippen molar-refractivity contribution < 1.29 is 9.13 Å². The van der Waals surface area contributed by atoms with Gasteiger partial charge in [0, 0.05) is 5.69 Å². The van der Waals surface area contributed by atoms with Crippen LogP contribution in [0.4, 0.5) is 21.7 Å². The first-order chi connectivity index (χ1) is 8.61. The van der Waals surface area contributed by atoms with Gasteiger partial charge in [0.1, 0.15) is 12.1 Å². The third-order valence-corrected chi connectivity index (χ3v) is 2.83. The number of nitrogen functional groups attached to an aromatic ring is 1. The van der Waals surface area contributed by atoms with Gasteiger partial charge in [-0.05, 0) is 34.1 Å². The number of halogens is 2. The van der Waals surface area contributed by atoms with E-state index < -0.39 is 0 Å². The van der Waals surface area contributed by atoms with Gasteiger partial charge < -0.3 is 15.8 Å². The van der Waals surface area contributed by atoms with E-state index in [0.717, 1.165) is 0 Å². The number of nitrogens with two attached hydrogens (primary N) is 1. The first-order valence-electron chi connectivity index (χ1n) is 4.98. The normalized spacial score (nSPS) is 10.2. The van der Waals surface area contributed by atoms with Crippen molar-refractivity contribution in [1.29, 1.82) is 0 Å². The predicted octanol–water partition coefficient (Wildman–Crippen LogP) is 2.71. The first kappa shape index (κ1) is 12.6. The van der Waals surface area contributed by atoms with Crippen molar-refractivity contribution in [3.63, 3.8) is 0 Å². The summed E-state index contributed by atoms with van der Waals surface area (Å²) in [5.41, 5.74) is 6.31. The number of ether oxygens (including phenoxy) is 1. The van der Waals surface area contributed by atoms with Crippen LogP contribution in [0.3, 0.4) is 0 Å². The Morgan fingerprint density at radius 3 is 2.83 bits per heavy atom. The Labute approximate surface area is 111 Å². The van der Waals surface area contributed by atoms with Crippen LogP contribution in [0.2, 0.25) is 0 Å². The molecule has 0 radical (unpaired) electrons. The number of nitrogens with zero attached hydrogens (tertiary/aromatic N) is 2. The van der Waals surface area contributed by atoms with Crippen molar-refractivity contribution in [1.82, 2.24) is 9.97 Å². The molecule has 0 aliphatic carbocycles. The molecule has 1 aromatic heterocycles. The maximum absolute atomic E-state index is 13.1. The molecule has 0 unspecified atom stereocenters. The molecule has 1 aromatic carbocycles. The van der Waals surface area contributed by atoms with Crippen LogP contribution in [0.5, 0.6) is 5.75 Å². The molecule has 0 fully saturated rings. The number of benzene rings is 1. The van der Waals surface area contributed by atoms with Crippen molar-refractivity contribution in [2.75, 3.05) is 18.2 Å². The number of nitrogens with one attached hydrogen (secondary N) is 1. The summed E-state index contributed by atoms with van der Waals surface area (Å²) in [6.07, 6.45) is 1.32. The van der Waals surface area contributed by atoms with Gasteiger partial charge in [0.15, 0.2) is 11.6 Å². The second kappa shape index (κ2) is 5.18. The molecular weight excluding hydrogens is 303 g/mol. The molecule has 5 nitrogen and oxygen atoms in total. The zero-order chi connectivity index (χ0) is 13.1. The van der Waals surface area contributed by atoms with E-state index in [1.54, 1.807) is 12.1 Å². The van der Waals surface area contributed by atoms with E-state index in [1.807, 2.05) is 0 Å². The van der Waals surface area contributed by atoms with Crippen LogP contribution in [-0.2, 0) is 0 Å². The standard InChI is InChI=1S/C11H10BrFN4O/c1-18-9-10(14)15-5-16-11(9)17-6-2-3-8(13)7(12)4-6/h2-5H,1H3,(H3,14,15,16,17). The molecule has 0 amide bonds. The molecule has 0 spiro atoms. The van der Waals surface area contributed by atoms with Crippen LogP contribution in [-0.4, -0.2) is 17.1 Å².